The van der Waals surface area contributed by atoms with Gasteiger partial charge in [-0.05, 0) is 12.5 Å². The molecule has 0 spiro atoms. The first-order valence-electron chi connectivity index (χ1n) is 2.13. The molecule has 0 saturated carbocycles. The summed E-state index contributed by atoms with van der Waals surface area (Å²) in [6.45, 7) is 0. The highest BCUT2D eigenvalue weighted by Gasteiger charge is 2.33. The molecule has 0 radical (unpaired) electrons. The number of hydrogen-bond donors (Lipinski definition) is 2. The van der Waals surface area contributed by atoms with E-state index in [2.05, 4.69) is 0 Å². The van der Waals surface area contributed by atoms with Gasteiger partial charge in [0, 0.05) is 0 Å². The second-order valence-electron chi connectivity index (χ2n) is 1.30. The third kappa shape index (κ3) is 2.08. The number of hydrogen-bond acceptors (Lipinski definition) is 4. The van der Waals surface area contributed by atoms with Crippen LogP contribution in [0.2, 0.25) is 0 Å². The monoisotopic (exact) mass is 168 g/mol. The first kappa shape index (κ1) is 9.13. The zero-order valence-corrected chi connectivity index (χ0v) is 6.75. The van der Waals surface area contributed by atoms with Crippen molar-refractivity contribution in [2.45, 2.75) is 4.27 Å². The standard InChI is InChI=1S/C4H8O3S2/c1-8-4(7,9-2)3(5)6/h7H,1-2H3,(H,5,6). The van der Waals surface area contributed by atoms with Crippen molar-refractivity contribution in [1.29, 1.82) is 0 Å². The summed E-state index contributed by atoms with van der Waals surface area (Å²) in [6.07, 6.45) is 3.09. The quantitative estimate of drug-likeness (QED) is 0.599. The first-order chi connectivity index (χ1) is 4.06. The summed E-state index contributed by atoms with van der Waals surface area (Å²) < 4.78 is -1.67. The van der Waals surface area contributed by atoms with E-state index in [1.165, 1.54) is 0 Å². The molecule has 0 aromatic rings. The number of carboxylic acids is 1. The van der Waals surface area contributed by atoms with Crippen LogP contribution in [-0.2, 0) is 4.79 Å². The molecule has 0 aromatic carbocycles. The van der Waals surface area contributed by atoms with E-state index < -0.39 is 10.2 Å². The van der Waals surface area contributed by atoms with E-state index in [9.17, 15) is 4.79 Å². The molecule has 0 aliphatic rings. The van der Waals surface area contributed by atoms with Gasteiger partial charge in [0.15, 0.2) is 0 Å². The van der Waals surface area contributed by atoms with Gasteiger partial charge in [-0.15, -0.1) is 23.5 Å². The fourth-order valence-corrected chi connectivity index (χ4v) is 1.27. The molecule has 0 aromatic heterocycles. The molecule has 0 fully saturated rings. The Morgan fingerprint density at radius 3 is 1.78 bits per heavy atom. The molecule has 0 heterocycles. The molecule has 2 N–H and O–H groups in total. The maximum atomic E-state index is 10.2. The van der Waals surface area contributed by atoms with Gasteiger partial charge >= 0.3 is 5.97 Å². The first-order valence-corrected chi connectivity index (χ1v) is 4.58. The van der Waals surface area contributed by atoms with Crippen LogP contribution in [0, 0.1) is 0 Å². The van der Waals surface area contributed by atoms with Gasteiger partial charge in [-0.2, -0.15) is 0 Å². The van der Waals surface area contributed by atoms with Crippen molar-refractivity contribution in [2.24, 2.45) is 0 Å². The van der Waals surface area contributed by atoms with Gasteiger partial charge in [-0.3, -0.25) is 0 Å². The lowest BCUT2D eigenvalue weighted by Gasteiger charge is -2.16. The summed E-state index contributed by atoms with van der Waals surface area (Å²) in [7, 11) is 0. The molecule has 0 atom stereocenters. The highest BCUT2D eigenvalue weighted by atomic mass is 32.2. The number of carboxylic acid groups (broad SMARTS) is 1. The van der Waals surface area contributed by atoms with Gasteiger partial charge in [0.25, 0.3) is 4.27 Å². The molecule has 0 saturated heterocycles. The van der Waals surface area contributed by atoms with Gasteiger partial charge in [-0.1, -0.05) is 0 Å². The Hall–Kier alpha value is 0.130. The Labute approximate surface area is 61.8 Å². The Kier molecular flexibility index (Phi) is 3.38. The smallest absolute Gasteiger partial charge is 0.357 e. The molecule has 0 amide bonds. The van der Waals surface area contributed by atoms with Gasteiger partial charge < -0.3 is 10.2 Å². The van der Waals surface area contributed by atoms with Crippen LogP contribution >= 0.6 is 23.5 Å². The highest BCUT2D eigenvalue weighted by molar-refractivity contribution is 8.18. The van der Waals surface area contributed by atoms with E-state index >= 15 is 0 Å². The van der Waals surface area contributed by atoms with Gasteiger partial charge in [-0.25, -0.2) is 4.79 Å². The number of thioether (sulfide) groups is 2. The number of aliphatic hydroxyl groups is 1. The average Bonchev–Trinajstić information content (AvgIpc) is 1.86. The Morgan fingerprint density at radius 2 is 1.78 bits per heavy atom. The molecular formula is C4H8O3S2. The van der Waals surface area contributed by atoms with Crippen molar-refractivity contribution < 1.29 is 15.0 Å². The molecule has 0 unspecified atom stereocenters. The Bertz CT molecular complexity index is 110. The second-order valence-corrected chi connectivity index (χ2v) is 3.55. The van der Waals surface area contributed by atoms with Crippen LogP contribution in [0.4, 0.5) is 0 Å². The lowest BCUT2D eigenvalue weighted by Crippen LogP contribution is -2.29. The Balaban J connectivity index is 4.09. The summed E-state index contributed by atoms with van der Waals surface area (Å²) in [5.41, 5.74) is 0. The van der Waals surface area contributed by atoms with Gasteiger partial charge in [0.2, 0.25) is 0 Å². The molecule has 0 rings (SSSR count). The summed E-state index contributed by atoms with van der Waals surface area (Å²) >= 11 is 1.80. The lowest BCUT2D eigenvalue weighted by molar-refractivity contribution is -0.143. The van der Waals surface area contributed by atoms with E-state index in [-0.39, 0.29) is 0 Å². The van der Waals surface area contributed by atoms with Crippen molar-refractivity contribution in [3.05, 3.63) is 0 Å². The topological polar surface area (TPSA) is 57.5 Å². The maximum absolute atomic E-state index is 10.2. The molecule has 0 aliphatic carbocycles. The summed E-state index contributed by atoms with van der Waals surface area (Å²) in [5, 5.41) is 17.4. The minimum Gasteiger partial charge on any atom is -0.478 e. The van der Waals surface area contributed by atoms with Crippen LogP contribution in [-0.4, -0.2) is 33.0 Å². The molecule has 0 aliphatic heterocycles. The lowest BCUT2D eigenvalue weighted by atomic mass is 10.7. The predicted octanol–water partition coefficient (Wildman–Crippen LogP) is 0.443. The predicted molar refractivity (Wildman–Crippen MR) is 39.6 cm³/mol. The second kappa shape index (κ2) is 3.34. The fraction of sp³-hybridized carbons (Fsp3) is 0.750. The highest BCUT2D eigenvalue weighted by Crippen LogP contribution is 2.30. The summed E-state index contributed by atoms with van der Waals surface area (Å²) in [4.78, 5) is 10.2. The SMILES string of the molecule is CSC(O)(SC)C(=O)O. The third-order valence-electron chi connectivity index (χ3n) is 0.824. The molecule has 54 valence electrons. The van der Waals surface area contributed by atoms with E-state index in [1.807, 2.05) is 0 Å². The summed E-state index contributed by atoms with van der Waals surface area (Å²) in [5.74, 6) is -1.21. The van der Waals surface area contributed by atoms with Crippen LogP contribution in [0.15, 0.2) is 0 Å². The number of rotatable bonds is 3. The van der Waals surface area contributed by atoms with Crippen LogP contribution in [0.3, 0.4) is 0 Å². The van der Waals surface area contributed by atoms with E-state index in [4.69, 9.17) is 10.2 Å². The molecular weight excluding hydrogens is 160 g/mol. The van der Waals surface area contributed by atoms with Crippen LogP contribution in [0.1, 0.15) is 0 Å². The third-order valence-corrected chi connectivity index (χ3v) is 3.28. The van der Waals surface area contributed by atoms with Gasteiger partial charge in [0.05, 0.1) is 0 Å². The maximum Gasteiger partial charge on any atom is 0.357 e. The Morgan fingerprint density at radius 1 is 1.44 bits per heavy atom. The van der Waals surface area contributed by atoms with E-state index in [1.54, 1.807) is 12.5 Å². The zero-order chi connectivity index (χ0) is 7.49. The molecule has 5 heteroatoms. The summed E-state index contributed by atoms with van der Waals surface area (Å²) in [6, 6.07) is 0. The number of carbonyl (C=O) groups is 1. The van der Waals surface area contributed by atoms with Crippen molar-refractivity contribution in [2.75, 3.05) is 12.5 Å². The van der Waals surface area contributed by atoms with Gasteiger partial charge in [0.1, 0.15) is 0 Å². The molecule has 3 nitrogen and oxygen atoms in total. The minimum absolute atomic E-state index is 0.899. The van der Waals surface area contributed by atoms with E-state index in [0.29, 0.717) is 0 Å². The van der Waals surface area contributed by atoms with Crippen molar-refractivity contribution in [3.63, 3.8) is 0 Å². The zero-order valence-electron chi connectivity index (χ0n) is 5.12. The van der Waals surface area contributed by atoms with Crippen LogP contribution in [0.25, 0.3) is 0 Å². The molecule has 0 bridgehead atoms. The van der Waals surface area contributed by atoms with Crippen molar-refractivity contribution >= 4 is 29.5 Å². The largest absolute Gasteiger partial charge is 0.478 e. The molecule has 9 heavy (non-hydrogen) atoms. The van der Waals surface area contributed by atoms with Crippen molar-refractivity contribution in [1.82, 2.24) is 0 Å². The van der Waals surface area contributed by atoms with E-state index in [0.717, 1.165) is 23.5 Å². The fourth-order valence-electron chi connectivity index (χ4n) is 0.258. The van der Waals surface area contributed by atoms with Crippen LogP contribution in [0.5, 0.6) is 0 Å². The average molecular weight is 168 g/mol. The normalized spacial score (nSPS) is 11.4. The number of aliphatic carboxylic acids is 1. The van der Waals surface area contributed by atoms with Crippen molar-refractivity contribution in [3.8, 4) is 0 Å². The minimum atomic E-state index is -1.67. The van der Waals surface area contributed by atoms with Crippen LogP contribution < -0.4 is 0 Å².